The molecule has 2 rings (SSSR count). The number of nitrogens with zero attached hydrogens (tertiary/aromatic N) is 2. The average Bonchev–Trinajstić information content (AvgIpc) is 2.73. The molecule has 0 aliphatic rings. The predicted molar refractivity (Wildman–Crippen MR) is 78.7 cm³/mol. The number of hydrogen-bond donors (Lipinski definition) is 0. The van der Waals surface area contributed by atoms with E-state index < -0.39 is 11.6 Å². The van der Waals surface area contributed by atoms with Crippen molar-refractivity contribution in [3.63, 3.8) is 0 Å². The molecule has 106 valence electrons. The largest absolute Gasteiger partial charge is 0.326 e. The quantitative estimate of drug-likeness (QED) is 0.725. The summed E-state index contributed by atoms with van der Waals surface area (Å²) < 4.78 is 29.7. The normalized spacial score (nSPS) is 12.4. The number of rotatable bonds is 3. The molecule has 0 radical (unpaired) electrons. The molecule has 0 atom stereocenters. The number of hydrogen-bond acceptors (Lipinski definition) is 1. The molecule has 2 aromatic rings. The minimum absolute atomic E-state index is 0.148. The van der Waals surface area contributed by atoms with E-state index in [1.54, 1.807) is 13.0 Å². The Labute approximate surface area is 117 Å². The topological polar surface area (TPSA) is 17.8 Å². The Bertz CT molecular complexity index is 709. The van der Waals surface area contributed by atoms with Gasteiger partial charge in [0.05, 0.1) is 5.52 Å². The first kappa shape index (κ1) is 14.4. The Morgan fingerprint density at radius 2 is 2.05 bits per heavy atom. The van der Waals surface area contributed by atoms with Crippen molar-refractivity contribution in [1.82, 2.24) is 9.55 Å². The zero-order valence-electron chi connectivity index (χ0n) is 12.2. The van der Waals surface area contributed by atoms with E-state index in [1.165, 1.54) is 12.1 Å². The highest BCUT2D eigenvalue weighted by Crippen LogP contribution is 2.29. The van der Waals surface area contributed by atoms with Crippen LogP contribution in [0.3, 0.4) is 0 Å². The number of benzene rings is 1. The molecule has 0 bridgehead atoms. The van der Waals surface area contributed by atoms with Crippen molar-refractivity contribution >= 4 is 16.6 Å². The van der Waals surface area contributed by atoms with Gasteiger partial charge in [-0.05, 0) is 45.4 Å². The number of halogens is 2. The van der Waals surface area contributed by atoms with Crippen molar-refractivity contribution in [3.8, 4) is 0 Å². The van der Waals surface area contributed by atoms with Crippen LogP contribution in [0.15, 0.2) is 30.6 Å². The monoisotopic (exact) mass is 276 g/mol. The summed E-state index contributed by atoms with van der Waals surface area (Å²) >= 11 is 0. The summed E-state index contributed by atoms with van der Waals surface area (Å²) in [4.78, 5) is 4.25. The smallest absolute Gasteiger partial charge is 0.151 e. The highest BCUT2D eigenvalue weighted by Gasteiger charge is 2.16. The number of imidazole rings is 1. The Kier molecular flexibility index (Phi) is 3.75. The van der Waals surface area contributed by atoms with Crippen molar-refractivity contribution in [3.05, 3.63) is 47.8 Å². The molecule has 0 N–H and O–H groups in total. The SMILES string of the molecule is C=C(/C(F)=C\C)c1cc(F)c2nc(C)n(C(C)C)c2c1. The van der Waals surface area contributed by atoms with Gasteiger partial charge < -0.3 is 4.57 Å². The van der Waals surface area contributed by atoms with Gasteiger partial charge in [-0.2, -0.15) is 0 Å². The second kappa shape index (κ2) is 5.19. The van der Waals surface area contributed by atoms with Gasteiger partial charge in [0.25, 0.3) is 0 Å². The van der Waals surface area contributed by atoms with Crippen LogP contribution < -0.4 is 0 Å². The molecule has 0 saturated heterocycles. The Hall–Kier alpha value is -1.97. The lowest BCUT2D eigenvalue weighted by atomic mass is 10.0. The van der Waals surface area contributed by atoms with E-state index >= 15 is 0 Å². The molecule has 0 spiro atoms. The molecule has 4 heteroatoms. The zero-order valence-corrected chi connectivity index (χ0v) is 12.2. The predicted octanol–water partition coefficient (Wildman–Crippen LogP) is 4.95. The molecule has 0 fully saturated rings. The molecule has 0 saturated carbocycles. The molecule has 20 heavy (non-hydrogen) atoms. The molecular formula is C16H18F2N2. The first-order chi connectivity index (χ1) is 9.36. The third-order valence-electron chi connectivity index (χ3n) is 3.33. The van der Waals surface area contributed by atoms with Gasteiger partial charge in [0.1, 0.15) is 17.2 Å². The number of aryl methyl sites for hydroxylation is 1. The Balaban J connectivity index is 2.73. The van der Waals surface area contributed by atoms with Crippen molar-refractivity contribution in [2.45, 2.75) is 33.7 Å². The molecular weight excluding hydrogens is 258 g/mol. The molecule has 0 unspecified atom stereocenters. The highest BCUT2D eigenvalue weighted by molar-refractivity contribution is 5.85. The first-order valence-electron chi connectivity index (χ1n) is 6.56. The number of allylic oxidation sites excluding steroid dienone is 3. The molecule has 0 aliphatic carbocycles. The Morgan fingerprint density at radius 1 is 1.40 bits per heavy atom. The van der Waals surface area contributed by atoms with E-state index in [0.717, 1.165) is 5.82 Å². The molecule has 0 amide bonds. The van der Waals surface area contributed by atoms with Crippen LogP contribution in [0.1, 0.15) is 38.2 Å². The van der Waals surface area contributed by atoms with Gasteiger partial charge in [0.2, 0.25) is 0 Å². The van der Waals surface area contributed by atoms with E-state index in [0.29, 0.717) is 16.6 Å². The zero-order chi connectivity index (χ0) is 15.0. The van der Waals surface area contributed by atoms with Crippen LogP contribution in [0, 0.1) is 12.7 Å². The second-order valence-corrected chi connectivity index (χ2v) is 5.06. The van der Waals surface area contributed by atoms with Crippen LogP contribution >= 0.6 is 0 Å². The summed E-state index contributed by atoms with van der Waals surface area (Å²) in [5.41, 5.74) is 1.60. The maximum absolute atomic E-state index is 14.2. The number of aromatic nitrogens is 2. The lowest BCUT2D eigenvalue weighted by Crippen LogP contribution is -2.03. The minimum atomic E-state index is -0.454. The summed E-state index contributed by atoms with van der Waals surface area (Å²) in [6.45, 7) is 11.1. The fraction of sp³-hybridized carbons (Fsp3) is 0.312. The van der Waals surface area contributed by atoms with E-state index in [-0.39, 0.29) is 11.6 Å². The van der Waals surface area contributed by atoms with Crippen LogP contribution in [0.2, 0.25) is 0 Å². The van der Waals surface area contributed by atoms with E-state index in [9.17, 15) is 8.78 Å². The average molecular weight is 276 g/mol. The summed E-state index contributed by atoms with van der Waals surface area (Å²) in [6, 6.07) is 3.17. The molecule has 1 aromatic carbocycles. The number of fused-ring (bicyclic) bond motifs is 1. The van der Waals surface area contributed by atoms with Crippen molar-refractivity contribution in [1.29, 1.82) is 0 Å². The summed E-state index contributed by atoms with van der Waals surface area (Å²) in [7, 11) is 0. The summed E-state index contributed by atoms with van der Waals surface area (Å²) in [6.07, 6.45) is 1.31. The van der Waals surface area contributed by atoms with Crippen LogP contribution in [0.5, 0.6) is 0 Å². The van der Waals surface area contributed by atoms with Gasteiger partial charge in [-0.15, -0.1) is 0 Å². The lowest BCUT2D eigenvalue weighted by Gasteiger charge is -2.12. The van der Waals surface area contributed by atoms with E-state index in [4.69, 9.17) is 0 Å². The van der Waals surface area contributed by atoms with Gasteiger partial charge in [-0.25, -0.2) is 13.8 Å². The summed E-state index contributed by atoms with van der Waals surface area (Å²) in [5, 5.41) is 0. The van der Waals surface area contributed by atoms with Crippen LogP contribution in [0.4, 0.5) is 8.78 Å². The maximum Gasteiger partial charge on any atom is 0.151 e. The van der Waals surface area contributed by atoms with Gasteiger partial charge >= 0.3 is 0 Å². The molecule has 1 aromatic heterocycles. The fourth-order valence-electron chi connectivity index (χ4n) is 2.41. The van der Waals surface area contributed by atoms with Crippen molar-refractivity contribution in [2.75, 3.05) is 0 Å². The minimum Gasteiger partial charge on any atom is -0.326 e. The molecule has 1 heterocycles. The van der Waals surface area contributed by atoms with Crippen molar-refractivity contribution < 1.29 is 8.78 Å². The van der Waals surface area contributed by atoms with Gasteiger partial charge in [0, 0.05) is 11.6 Å². The third kappa shape index (κ3) is 2.26. The molecule has 2 nitrogen and oxygen atoms in total. The van der Waals surface area contributed by atoms with Crippen molar-refractivity contribution in [2.24, 2.45) is 0 Å². The van der Waals surface area contributed by atoms with Gasteiger partial charge in [-0.3, -0.25) is 0 Å². The van der Waals surface area contributed by atoms with Crippen LogP contribution in [0.25, 0.3) is 16.6 Å². The third-order valence-corrected chi connectivity index (χ3v) is 3.33. The lowest BCUT2D eigenvalue weighted by molar-refractivity contribution is 0.600. The second-order valence-electron chi connectivity index (χ2n) is 5.06. The molecule has 0 aliphatic heterocycles. The van der Waals surface area contributed by atoms with E-state index in [2.05, 4.69) is 11.6 Å². The van der Waals surface area contributed by atoms with Gasteiger partial charge in [-0.1, -0.05) is 12.7 Å². The van der Waals surface area contributed by atoms with Crippen LogP contribution in [-0.2, 0) is 0 Å². The Morgan fingerprint density at radius 3 is 2.60 bits per heavy atom. The van der Waals surface area contributed by atoms with Crippen LogP contribution in [-0.4, -0.2) is 9.55 Å². The maximum atomic E-state index is 14.2. The highest BCUT2D eigenvalue weighted by atomic mass is 19.1. The van der Waals surface area contributed by atoms with E-state index in [1.807, 2.05) is 25.3 Å². The first-order valence-corrected chi connectivity index (χ1v) is 6.56. The fourth-order valence-corrected chi connectivity index (χ4v) is 2.41. The standard InChI is InChI=1S/C16H18F2N2/c1-6-13(17)10(4)12-7-14(18)16-15(8-12)20(9(2)3)11(5)19-16/h6-9H,4H2,1-3,5H3/b13-6+. The van der Waals surface area contributed by atoms with Gasteiger partial charge in [0.15, 0.2) is 5.82 Å². The summed E-state index contributed by atoms with van der Waals surface area (Å²) in [5.74, 6) is -0.163.